The number of carbonyl (C=O) groups excluding carboxylic acids is 1. The van der Waals surface area contributed by atoms with E-state index in [9.17, 15) is 9.90 Å². The van der Waals surface area contributed by atoms with Crippen molar-refractivity contribution in [3.05, 3.63) is 35.9 Å². The first-order chi connectivity index (χ1) is 7.15. The Balaban J connectivity index is 2.61. The van der Waals surface area contributed by atoms with E-state index in [-0.39, 0.29) is 6.10 Å². The van der Waals surface area contributed by atoms with Gasteiger partial charge in [0.25, 0.3) is 0 Å². The van der Waals surface area contributed by atoms with E-state index in [1.807, 2.05) is 13.0 Å². The number of benzene rings is 1. The summed E-state index contributed by atoms with van der Waals surface area (Å²) in [6, 6.07) is 8.77. The largest absolute Gasteiger partial charge is 0.461 e. The molecule has 0 saturated carbocycles. The third-order valence-corrected chi connectivity index (χ3v) is 2.23. The van der Waals surface area contributed by atoms with Crippen molar-refractivity contribution >= 4 is 5.97 Å². The lowest BCUT2D eigenvalue weighted by molar-refractivity contribution is -0.158. The lowest BCUT2D eigenvalue weighted by Crippen LogP contribution is -2.20. The molecule has 0 aliphatic carbocycles. The Morgan fingerprint density at radius 1 is 1.40 bits per heavy atom. The average Bonchev–Trinajstić information content (AvgIpc) is 2.29. The molecule has 0 unspecified atom stereocenters. The maximum absolute atomic E-state index is 11.4. The van der Waals surface area contributed by atoms with Gasteiger partial charge in [-0.2, -0.15) is 0 Å². The van der Waals surface area contributed by atoms with Crippen molar-refractivity contribution in [2.45, 2.75) is 32.5 Å². The number of rotatable bonds is 4. The predicted octanol–water partition coefficient (Wildman–Crippen LogP) is 2.06. The summed E-state index contributed by atoms with van der Waals surface area (Å²) in [5.41, 5.74) is 0.561. The third kappa shape index (κ3) is 3.36. The van der Waals surface area contributed by atoms with Gasteiger partial charge in [-0.1, -0.05) is 37.3 Å². The van der Waals surface area contributed by atoms with Gasteiger partial charge in [0.2, 0.25) is 0 Å². The summed E-state index contributed by atoms with van der Waals surface area (Å²) in [6.07, 6.45) is -0.594. The zero-order valence-corrected chi connectivity index (χ0v) is 9.01. The van der Waals surface area contributed by atoms with Crippen LogP contribution in [0.2, 0.25) is 0 Å². The van der Waals surface area contributed by atoms with Gasteiger partial charge in [-0.15, -0.1) is 0 Å². The monoisotopic (exact) mass is 208 g/mol. The molecule has 3 nitrogen and oxygen atoms in total. The van der Waals surface area contributed by atoms with E-state index in [1.54, 1.807) is 31.2 Å². The van der Waals surface area contributed by atoms with E-state index in [0.29, 0.717) is 5.56 Å². The summed E-state index contributed by atoms with van der Waals surface area (Å²) in [6.45, 7) is 3.72. The minimum Gasteiger partial charge on any atom is -0.461 e. The van der Waals surface area contributed by atoms with Gasteiger partial charge in [0.1, 0.15) is 0 Å². The Morgan fingerprint density at radius 2 is 2.00 bits per heavy atom. The zero-order valence-electron chi connectivity index (χ0n) is 9.01. The Bertz CT molecular complexity index is 308. The number of aliphatic hydroxyl groups excluding tert-OH is 1. The highest BCUT2D eigenvalue weighted by molar-refractivity contribution is 5.76. The van der Waals surface area contributed by atoms with Gasteiger partial charge in [-0.25, -0.2) is 4.79 Å². The van der Waals surface area contributed by atoms with Crippen LogP contribution in [0.1, 0.15) is 31.9 Å². The summed E-state index contributed by atoms with van der Waals surface area (Å²) in [7, 11) is 0. The van der Waals surface area contributed by atoms with E-state index in [4.69, 9.17) is 4.74 Å². The summed E-state index contributed by atoms with van der Waals surface area (Å²) >= 11 is 0. The maximum Gasteiger partial charge on any atom is 0.339 e. The van der Waals surface area contributed by atoms with Gasteiger partial charge in [-0.05, 0) is 18.9 Å². The van der Waals surface area contributed by atoms with Crippen molar-refractivity contribution in [2.75, 3.05) is 0 Å². The second-order valence-electron chi connectivity index (χ2n) is 3.47. The second kappa shape index (κ2) is 5.51. The smallest absolute Gasteiger partial charge is 0.339 e. The van der Waals surface area contributed by atoms with Crippen LogP contribution < -0.4 is 0 Å². The quantitative estimate of drug-likeness (QED) is 0.770. The van der Waals surface area contributed by atoms with E-state index in [2.05, 4.69) is 0 Å². The molecule has 0 heterocycles. The molecule has 0 aliphatic heterocycles. The first kappa shape index (κ1) is 11.7. The van der Waals surface area contributed by atoms with Crippen molar-refractivity contribution in [1.29, 1.82) is 0 Å². The molecule has 0 amide bonds. The number of aliphatic hydroxyl groups is 1. The number of esters is 1. The molecular formula is C12H16O3. The Labute approximate surface area is 89.7 Å². The van der Waals surface area contributed by atoms with Crippen LogP contribution in [-0.2, 0) is 9.53 Å². The average molecular weight is 208 g/mol. The predicted molar refractivity (Wildman–Crippen MR) is 57.2 cm³/mol. The lowest BCUT2D eigenvalue weighted by atomic mass is 10.1. The molecule has 15 heavy (non-hydrogen) atoms. The van der Waals surface area contributed by atoms with Crippen molar-refractivity contribution in [1.82, 2.24) is 0 Å². The SMILES string of the molecule is CC[C@H](C)OC(=O)[C@H](O)c1ccccc1. The topological polar surface area (TPSA) is 46.5 Å². The third-order valence-electron chi connectivity index (χ3n) is 2.23. The molecule has 0 saturated heterocycles. The lowest BCUT2D eigenvalue weighted by Gasteiger charge is -2.14. The molecule has 82 valence electrons. The highest BCUT2D eigenvalue weighted by Crippen LogP contribution is 2.14. The van der Waals surface area contributed by atoms with Crippen molar-refractivity contribution in [3.8, 4) is 0 Å². The maximum atomic E-state index is 11.4. The zero-order chi connectivity index (χ0) is 11.3. The molecule has 1 rings (SSSR count). The van der Waals surface area contributed by atoms with Crippen molar-refractivity contribution in [2.24, 2.45) is 0 Å². The van der Waals surface area contributed by atoms with Crippen molar-refractivity contribution < 1.29 is 14.6 Å². The van der Waals surface area contributed by atoms with Crippen LogP contribution in [0.15, 0.2) is 30.3 Å². The summed E-state index contributed by atoms with van der Waals surface area (Å²) in [4.78, 5) is 11.4. The fourth-order valence-corrected chi connectivity index (χ4v) is 1.12. The van der Waals surface area contributed by atoms with Crippen LogP contribution in [0.5, 0.6) is 0 Å². The van der Waals surface area contributed by atoms with Crippen LogP contribution in [0, 0.1) is 0 Å². The molecule has 0 aromatic heterocycles. The van der Waals surface area contributed by atoms with Crippen LogP contribution in [-0.4, -0.2) is 17.2 Å². The van der Waals surface area contributed by atoms with E-state index >= 15 is 0 Å². The molecule has 1 aromatic rings. The minimum absolute atomic E-state index is 0.157. The molecule has 1 aromatic carbocycles. The fourth-order valence-electron chi connectivity index (χ4n) is 1.12. The van der Waals surface area contributed by atoms with E-state index in [0.717, 1.165) is 6.42 Å². The van der Waals surface area contributed by atoms with Gasteiger partial charge < -0.3 is 9.84 Å². The summed E-state index contributed by atoms with van der Waals surface area (Å²) in [5, 5.41) is 9.66. The Hall–Kier alpha value is -1.35. The normalized spacial score (nSPS) is 14.3. The van der Waals surface area contributed by atoms with Gasteiger partial charge in [0.15, 0.2) is 6.10 Å². The molecule has 0 spiro atoms. The second-order valence-corrected chi connectivity index (χ2v) is 3.47. The van der Waals surface area contributed by atoms with Crippen LogP contribution in [0.4, 0.5) is 0 Å². The number of hydrogen-bond donors (Lipinski definition) is 1. The standard InChI is InChI=1S/C12H16O3/c1-3-9(2)15-12(14)11(13)10-7-5-4-6-8-10/h4-9,11,13H,3H2,1-2H3/t9-,11+/m0/s1. The Morgan fingerprint density at radius 3 is 2.53 bits per heavy atom. The number of hydrogen-bond acceptors (Lipinski definition) is 3. The number of ether oxygens (including phenoxy) is 1. The molecule has 1 N–H and O–H groups in total. The molecule has 0 aliphatic rings. The van der Waals surface area contributed by atoms with Crippen LogP contribution in [0.3, 0.4) is 0 Å². The van der Waals surface area contributed by atoms with Gasteiger partial charge >= 0.3 is 5.97 Å². The summed E-state index contributed by atoms with van der Waals surface area (Å²) < 4.78 is 5.03. The highest BCUT2D eigenvalue weighted by Gasteiger charge is 2.20. The Kier molecular flexibility index (Phi) is 4.31. The molecule has 3 heteroatoms. The fraction of sp³-hybridized carbons (Fsp3) is 0.417. The van der Waals surface area contributed by atoms with E-state index < -0.39 is 12.1 Å². The molecule has 0 radical (unpaired) electrons. The molecule has 2 atom stereocenters. The molecule has 0 bridgehead atoms. The van der Waals surface area contributed by atoms with E-state index in [1.165, 1.54) is 0 Å². The van der Waals surface area contributed by atoms with Crippen LogP contribution in [0.25, 0.3) is 0 Å². The van der Waals surface area contributed by atoms with Gasteiger partial charge in [0, 0.05) is 0 Å². The molecular weight excluding hydrogens is 192 g/mol. The van der Waals surface area contributed by atoms with Gasteiger partial charge in [-0.3, -0.25) is 0 Å². The molecule has 0 fully saturated rings. The minimum atomic E-state index is -1.18. The first-order valence-electron chi connectivity index (χ1n) is 5.08. The first-order valence-corrected chi connectivity index (χ1v) is 5.08. The number of carbonyl (C=O) groups is 1. The summed E-state index contributed by atoms with van der Waals surface area (Å²) in [5.74, 6) is -0.587. The van der Waals surface area contributed by atoms with Crippen molar-refractivity contribution in [3.63, 3.8) is 0 Å². The van der Waals surface area contributed by atoms with Crippen LogP contribution >= 0.6 is 0 Å². The highest BCUT2D eigenvalue weighted by atomic mass is 16.6. The van der Waals surface area contributed by atoms with Gasteiger partial charge in [0.05, 0.1) is 6.10 Å².